The molecule has 0 aliphatic carbocycles. The number of fused-ring (bicyclic) bond motifs is 2. The van der Waals surface area contributed by atoms with Crippen LogP contribution in [0.3, 0.4) is 0 Å². The average Bonchev–Trinajstić information content (AvgIpc) is 3.36. The van der Waals surface area contributed by atoms with Crippen molar-refractivity contribution in [2.24, 2.45) is 0 Å². The third-order valence-corrected chi connectivity index (χ3v) is 5.29. The number of hydrogen-bond donors (Lipinski definition) is 2. The summed E-state index contributed by atoms with van der Waals surface area (Å²) in [6.07, 6.45) is 5.66. The lowest BCUT2D eigenvalue weighted by molar-refractivity contribution is -0.121. The number of ether oxygens (including phenoxy) is 2. The maximum atomic E-state index is 12.7. The van der Waals surface area contributed by atoms with Gasteiger partial charge in [0.2, 0.25) is 12.7 Å². The first-order valence-electron chi connectivity index (χ1n) is 9.99. The predicted octanol–water partition coefficient (Wildman–Crippen LogP) is 4.73. The maximum absolute atomic E-state index is 12.7. The molecule has 1 amide bonds. The first-order chi connectivity index (χ1) is 13.8. The highest BCUT2D eigenvalue weighted by Crippen LogP contribution is 2.43. The number of para-hydroxylation sites is 2. The van der Waals surface area contributed by atoms with E-state index in [0.717, 1.165) is 59.3 Å². The highest BCUT2D eigenvalue weighted by molar-refractivity contribution is 5.86. The lowest BCUT2D eigenvalue weighted by Crippen LogP contribution is -2.26. The van der Waals surface area contributed by atoms with Crippen LogP contribution in [0.15, 0.2) is 48.7 Å². The van der Waals surface area contributed by atoms with E-state index in [4.69, 9.17) is 9.47 Å². The number of aromatic amines is 1. The molecule has 0 unspecified atom stereocenters. The molecule has 2 aromatic carbocycles. The molecule has 0 saturated heterocycles. The maximum Gasteiger partial charge on any atom is 0.231 e. The first-order valence-corrected chi connectivity index (χ1v) is 9.99. The number of benzene rings is 2. The molecule has 2 heterocycles. The number of carbonyl (C=O) groups is 1. The fourth-order valence-electron chi connectivity index (χ4n) is 3.86. The smallest absolute Gasteiger partial charge is 0.231 e. The molecular weight excluding hydrogens is 352 g/mol. The Bertz CT molecular complexity index is 963. The van der Waals surface area contributed by atoms with E-state index in [1.165, 1.54) is 0 Å². The van der Waals surface area contributed by atoms with Crippen LogP contribution in [0, 0.1) is 0 Å². The van der Waals surface area contributed by atoms with Gasteiger partial charge in [-0.15, -0.1) is 0 Å². The summed E-state index contributed by atoms with van der Waals surface area (Å²) in [6.45, 7) is 3.10. The Labute approximate surface area is 165 Å². The Morgan fingerprint density at radius 2 is 2.00 bits per heavy atom. The Balaban J connectivity index is 1.66. The second kappa shape index (κ2) is 8.38. The van der Waals surface area contributed by atoms with Crippen molar-refractivity contribution in [2.75, 3.05) is 13.3 Å². The van der Waals surface area contributed by atoms with Crippen molar-refractivity contribution < 1.29 is 14.3 Å². The zero-order chi connectivity index (χ0) is 19.3. The zero-order valence-corrected chi connectivity index (χ0v) is 16.2. The van der Waals surface area contributed by atoms with Crippen molar-refractivity contribution in [3.05, 3.63) is 59.8 Å². The van der Waals surface area contributed by atoms with Crippen LogP contribution in [0.25, 0.3) is 10.9 Å². The highest BCUT2D eigenvalue weighted by Gasteiger charge is 2.28. The van der Waals surface area contributed by atoms with Gasteiger partial charge in [0, 0.05) is 41.5 Å². The van der Waals surface area contributed by atoms with Crippen molar-refractivity contribution in [1.82, 2.24) is 10.3 Å². The average molecular weight is 378 g/mol. The molecule has 2 N–H and O–H groups in total. The van der Waals surface area contributed by atoms with E-state index in [0.29, 0.717) is 6.42 Å². The summed E-state index contributed by atoms with van der Waals surface area (Å²) in [5.41, 5.74) is 3.15. The Morgan fingerprint density at radius 3 is 2.89 bits per heavy atom. The first kappa shape index (κ1) is 18.4. The summed E-state index contributed by atoms with van der Waals surface area (Å²) in [6, 6.07) is 14.1. The number of unbranched alkanes of at least 4 members (excludes halogenated alkanes) is 2. The van der Waals surface area contributed by atoms with E-state index in [1.807, 2.05) is 36.5 Å². The molecule has 3 aromatic rings. The van der Waals surface area contributed by atoms with Gasteiger partial charge in [-0.05, 0) is 24.1 Å². The number of aromatic nitrogens is 1. The summed E-state index contributed by atoms with van der Waals surface area (Å²) in [5.74, 6) is 1.43. The normalized spacial score (nSPS) is 13.6. The summed E-state index contributed by atoms with van der Waals surface area (Å²) in [4.78, 5) is 16.1. The lowest BCUT2D eigenvalue weighted by Gasteiger charge is -2.19. The van der Waals surface area contributed by atoms with Crippen LogP contribution in [0.2, 0.25) is 0 Å². The van der Waals surface area contributed by atoms with Gasteiger partial charge < -0.3 is 19.8 Å². The van der Waals surface area contributed by atoms with Crippen molar-refractivity contribution in [3.63, 3.8) is 0 Å². The number of H-pyrrole nitrogens is 1. The van der Waals surface area contributed by atoms with E-state index in [-0.39, 0.29) is 18.6 Å². The highest BCUT2D eigenvalue weighted by atomic mass is 16.7. The van der Waals surface area contributed by atoms with E-state index >= 15 is 0 Å². The molecule has 0 spiro atoms. The minimum Gasteiger partial charge on any atom is -0.454 e. The number of hydrogen-bond acceptors (Lipinski definition) is 3. The van der Waals surface area contributed by atoms with E-state index in [9.17, 15) is 4.79 Å². The summed E-state index contributed by atoms with van der Waals surface area (Å²) < 4.78 is 11.3. The zero-order valence-electron chi connectivity index (χ0n) is 16.2. The number of nitrogens with one attached hydrogen (secondary N) is 2. The largest absolute Gasteiger partial charge is 0.454 e. The lowest BCUT2D eigenvalue weighted by atomic mass is 9.87. The monoisotopic (exact) mass is 378 g/mol. The van der Waals surface area contributed by atoms with Crippen molar-refractivity contribution >= 4 is 16.8 Å². The number of rotatable bonds is 8. The summed E-state index contributed by atoms with van der Waals surface area (Å²) in [5, 5.41) is 4.20. The van der Waals surface area contributed by atoms with Crippen LogP contribution in [0.4, 0.5) is 0 Å². The second-order valence-electron chi connectivity index (χ2n) is 7.18. The number of carbonyl (C=O) groups excluding carboxylic acids is 1. The van der Waals surface area contributed by atoms with Gasteiger partial charge in [0.1, 0.15) is 0 Å². The van der Waals surface area contributed by atoms with Crippen LogP contribution in [0.1, 0.15) is 49.7 Å². The van der Waals surface area contributed by atoms with Crippen molar-refractivity contribution in [1.29, 1.82) is 0 Å². The van der Waals surface area contributed by atoms with Crippen molar-refractivity contribution in [2.45, 2.75) is 38.5 Å². The van der Waals surface area contributed by atoms with E-state index < -0.39 is 0 Å². The molecule has 1 aliphatic rings. The fraction of sp³-hybridized carbons (Fsp3) is 0.348. The van der Waals surface area contributed by atoms with Crippen LogP contribution in [-0.4, -0.2) is 24.2 Å². The Morgan fingerprint density at radius 1 is 1.11 bits per heavy atom. The van der Waals surface area contributed by atoms with Crippen LogP contribution in [0.5, 0.6) is 11.5 Å². The molecule has 0 fully saturated rings. The van der Waals surface area contributed by atoms with Crippen LogP contribution < -0.4 is 14.8 Å². The van der Waals surface area contributed by atoms with Gasteiger partial charge in [-0.1, -0.05) is 50.1 Å². The van der Waals surface area contributed by atoms with Crippen LogP contribution in [-0.2, 0) is 4.79 Å². The molecule has 5 heteroatoms. The molecular formula is C23H26N2O3. The number of amides is 1. The molecule has 0 radical (unpaired) electrons. The van der Waals surface area contributed by atoms with Gasteiger partial charge in [-0.2, -0.15) is 0 Å². The van der Waals surface area contributed by atoms with Gasteiger partial charge in [0.25, 0.3) is 0 Å². The molecule has 1 atom stereocenters. The molecule has 1 aromatic heterocycles. The summed E-state index contributed by atoms with van der Waals surface area (Å²) in [7, 11) is 0. The molecule has 146 valence electrons. The van der Waals surface area contributed by atoms with Gasteiger partial charge >= 0.3 is 0 Å². The standard InChI is InChI=1S/C23H26N2O3/c1-2-3-6-12-24-22(26)13-18(17-9-7-11-21-23(17)28-15-27-21)19-14-25-20-10-5-4-8-16(19)20/h4-5,7-11,14,18,25H,2-3,6,12-13,15H2,1H3,(H,24,26)/t18-/m0/s1. The Hall–Kier alpha value is -2.95. The summed E-state index contributed by atoms with van der Waals surface area (Å²) >= 11 is 0. The van der Waals surface area contributed by atoms with Gasteiger partial charge in [0.05, 0.1) is 0 Å². The molecule has 4 rings (SSSR count). The second-order valence-corrected chi connectivity index (χ2v) is 7.18. The fourth-order valence-corrected chi connectivity index (χ4v) is 3.86. The Kier molecular flexibility index (Phi) is 5.51. The van der Waals surface area contributed by atoms with Gasteiger partial charge in [-0.25, -0.2) is 0 Å². The van der Waals surface area contributed by atoms with Crippen LogP contribution >= 0.6 is 0 Å². The topological polar surface area (TPSA) is 63.4 Å². The molecule has 1 aliphatic heterocycles. The third kappa shape index (κ3) is 3.70. The minimum absolute atomic E-state index is 0.0582. The third-order valence-electron chi connectivity index (χ3n) is 5.29. The van der Waals surface area contributed by atoms with E-state index in [1.54, 1.807) is 0 Å². The molecule has 28 heavy (non-hydrogen) atoms. The predicted molar refractivity (Wildman–Crippen MR) is 110 cm³/mol. The quantitative estimate of drug-likeness (QED) is 0.557. The van der Waals surface area contributed by atoms with Gasteiger partial charge in [0.15, 0.2) is 11.5 Å². The molecule has 0 saturated carbocycles. The van der Waals surface area contributed by atoms with Gasteiger partial charge in [-0.3, -0.25) is 4.79 Å². The SMILES string of the molecule is CCCCCNC(=O)C[C@@H](c1cccc2c1OCO2)c1c[nH]c2ccccc12. The minimum atomic E-state index is -0.112. The molecule has 0 bridgehead atoms. The van der Waals surface area contributed by atoms with Crippen molar-refractivity contribution in [3.8, 4) is 11.5 Å². The molecule has 5 nitrogen and oxygen atoms in total. The van der Waals surface area contributed by atoms with E-state index in [2.05, 4.69) is 29.4 Å².